The number of nitrogens with zero attached hydrogens (tertiary/aromatic N) is 1. The molecule has 0 spiro atoms. The lowest BCUT2D eigenvalue weighted by molar-refractivity contribution is 0.0799. The summed E-state index contributed by atoms with van der Waals surface area (Å²) in [4.78, 5) is 4.22. The summed E-state index contributed by atoms with van der Waals surface area (Å²) in [5.74, 6) is 0. The van der Waals surface area contributed by atoms with Gasteiger partial charge in [0, 0.05) is 12.1 Å². The molecule has 0 unspecified atom stereocenters. The number of rotatable bonds is 2. The van der Waals surface area contributed by atoms with E-state index in [2.05, 4.69) is 20.9 Å². The van der Waals surface area contributed by atoms with Crippen LogP contribution >= 0.6 is 15.9 Å². The highest BCUT2D eigenvalue weighted by Crippen LogP contribution is 2.12. The average molecular weight is 230 g/mol. The van der Waals surface area contributed by atoms with Gasteiger partial charge < -0.3 is 5.11 Å². The molecule has 0 fully saturated rings. The quantitative estimate of drug-likeness (QED) is 0.789. The van der Waals surface area contributed by atoms with Crippen molar-refractivity contribution in [1.29, 1.82) is 0 Å². The van der Waals surface area contributed by atoms with Crippen molar-refractivity contribution in [2.24, 2.45) is 0 Å². The van der Waals surface area contributed by atoms with Crippen molar-refractivity contribution < 1.29 is 5.11 Å². The van der Waals surface area contributed by atoms with Crippen molar-refractivity contribution in [3.05, 3.63) is 28.5 Å². The second-order valence-corrected chi connectivity index (χ2v) is 4.25. The van der Waals surface area contributed by atoms with Crippen LogP contribution in [-0.4, -0.2) is 15.7 Å². The summed E-state index contributed by atoms with van der Waals surface area (Å²) >= 11 is 3.28. The van der Waals surface area contributed by atoms with Crippen molar-refractivity contribution in [2.75, 3.05) is 0 Å². The highest BCUT2D eigenvalue weighted by atomic mass is 79.9. The first-order chi connectivity index (χ1) is 5.47. The van der Waals surface area contributed by atoms with Gasteiger partial charge in [0.1, 0.15) is 4.60 Å². The Labute approximate surface area is 80.8 Å². The van der Waals surface area contributed by atoms with Gasteiger partial charge in [-0.2, -0.15) is 0 Å². The highest BCUT2D eigenvalue weighted by Gasteiger charge is 2.13. The molecule has 2 nitrogen and oxygen atoms in total. The third-order valence-corrected chi connectivity index (χ3v) is 1.83. The molecule has 0 atom stereocenters. The van der Waals surface area contributed by atoms with E-state index in [1.54, 1.807) is 13.8 Å². The van der Waals surface area contributed by atoms with E-state index in [-0.39, 0.29) is 0 Å². The third-order valence-electron chi connectivity index (χ3n) is 1.39. The molecule has 1 heterocycles. The monoisotopic (exact) mass is 229 g/mol. The summed E-state index contributed by atoms with van der Waals surface area (Å²) in [7, 11) is 0. The zero-order chi connectivity index (χ0) is 9.19. The van der Waals surface area contributed by atoms with Crippen molar-refractivity contribution in [2.45, 2.75) is 25.9 Å². The Morgan fingerprint density at radius 3 is 2.67 bits per heavy atom. The molecule has 66 valence electrons. The Balaban J connectivity index is 2.77. The molecule has 1 aromatic heterocycles. The molecule has 1 aromatic rings. The predicted octanol–water partition coefficient (Wildman–Crippen LogP) is 2.16. The van der Waals surface area contributed by atoms with Gasteiger partial charge in [0.05, 0.1) is 5.60 Å². The van der Waals surface area contributed by atoms with Crippen LogP contribution in [0.5, 0.6) is 0 Å². The zero-order valence-corrected chi connectivity index (χ0v) is 8.80. The topological polar surface area (TPSA) is 33.1 Å². The summed E-state index contributed by atoms with van der Waals surface area (Å²) in [5.41, 5.74) is 0.213. The summed E-state index contributed by atoms with van der Waals surface area (Å²) in [6, 6.07) is 5.69. The Morgan fingerprint density at radius 2 is 2.17 bits per heavy atom. The number of aromatic nitrogens is 1. The van der Waals surface area contributed by atoms with Gasteiger partial charge in [0.2, 0.25) is 0 Å². The van der Waals surface area contributed by atoms with Crippen molar-refractivity contribution in [3.63, 3.8) is 0 Å². The second kappa shape index (κ2) is 3.54. The lowest BCUT2D eigenvalue weighted by Crippen LogP contribution is -2.22. The van der Waals surface area contributed by atoms with Gasteiger partial charge in [-0.1, -0.05) is 6.07 Å². The molecular weight excluding hydrogens is 218 g/mol. The van der Waals surface area contributed by atoms with E-state index in [1.807, 2.05) is 18.2 Å². The van der Waals surface area contributed by atoms with E-state index >= 15 is 0 Å². The van der Waals surface area contributed by atoms with Crippen molar-refractivity contribution in [1.82, 2.24) is 4.98 Å². The zero-order valence-electron chi connectivity index (χ0n) is 7.21. The molecule has 3 heteroatoms. The molecule has 0 aliphatic carbocycles. The highest BCUT2D eigenvalue weighted by molar-refractivity contribution is 9.10. The van der Waals surface area contributed by atoms with Gasteiger partial charge >= 0.3 is 0 Å². The van der Waals surface area contributed by atoms with Crippen LogP contribution in [0.3, 0.4) is 0 Å². The molecule has 0 bridgehead atoms. The number of pyridine rings is 1. The maximum atomic E-state index is 9.51. The van der Waals surface area contributed by atoms with Crippen molar-refractivity contribution in [3.8, 4) is 0 Å². The Kier molecular flexibility index (Phi) is 2.85. The smallest absolute Gasteiger partial charge is 0.106 e. The summed E-state index contributed by atoms with van der Waals surface area (Å²) in [5, 5.41) is 9.51. The van der Waals surface area contributed by atoms with E-state index < -0.39 is 5.60 Å². The first-order valence-corrected chi connectivity index (χ1v) is 4.60. The molecule has 0 aliphatic rings. The summed E-state index contributed by atoms with van der Waals surface area (Å²) < 4.78 is 0.809. The predicted molar refractivity (Wildman–Crippen MR) is 51.9 cm³/mol. The minimum Gasteiger partial charge on any atom is -0.390 e. The van der Waals surface area contributed by atoms with Crippen LogP contribution in [0, 0.1) is 0 Å². The molecule has 1 rings (SSSR count). The standard InChI is InChI=1S/C9H12BrNO/c1-9(2,12)6-7-4-3-5-8(10)11-7/h3-5,12H,6H2,1-2H3. The molecular formula is C9H12BrNO. The van der Waals surface area contributed by atoms with Crippen LogP contribution in [0.15, 0.2) is 22.8 Å². The van der Waals surface area contributed by atoms with Gasteiger partial charge in [-0.15, -0.1) is 0 Å². The maximum absolute atomic E-state index is 9.51. The van der Waals surface area contributed by atoms with Crippen LogP contribution in [0.2, 0.25) is 0 Å². The molecule has 0 saturated carbocycles. The fourth-order valence-corrected chi connectivity index (χ4v) is 1.37. The SMILES string of the molecule is CC(C)(O)Cc1cccc(Br)n1. The van der Waals surface area contributed by atoms with Crippen molar-refractivity contribution >= 4 is 15.9 Å². The fourth-order valence-electron chi connectivity index (χ4n) is 0.992. The second-order valence-electron chi connectivity index (χ2n) is 3.44. The van der Waals surface area contributed by atoms with Crippen LogP contribution in [0.1, 0.15) is 19.5 Å². The van der Waals surface area contributed by atoms with E-state index in [1.165, 1.54) is 0 Å². The first-order valence-electron chi connectivity index (χ1n) is 3.81. The van der Waals surface area contributed by atoms with Crippen LogP contribution in [-0.2, 0) is 6.42 Å². The third kappa shape index (κ3) is 3.32. The minimum absolute atomic E-state index is 0.576. The maximum Gasteiger partial charge on any atom is 0.106 e. The van der Waals surface area contributed by atoms with E-state index in [0.717, 1.165) is 10.3 Å². The molecule has 0 aliphatic heterocycles. The Morgan fingerprint density at radius 1 is 1.50 bits per heavy atom. The lowest BCUT2D eigenvalue weighted by Gasteiger charge is -2.15. The molecule has 0 saturated heterocycles. The van der Waals surface area contributed by atoms with Gasteiger partial charge in [-0.05, 0) is 41.9 Å². The Bertz CT molecular complexity index is 267. The van der Waals surface area contributed by atoms with Gasteiger partial charge in [-0.3, -0.25) is 0 Å². The van der Waals surface area contributed by atoms with Gasteiger partial charge in [0.15, 0.2) is 0 Å². The molecule has 0 radical (unpaired) electrons. The number of halogens is 1. The summed E-state index contributed by atoms with van der Waals surface area (Å²) in [6.45, 7) is 3.55. The summed E-state index contributed by atoms with van der Waals surface area (Å²) in [6.07, 6.45) is 0.576. The molecule has 0 aromatic carbocycles. The number of aliphatic hydroxyl groups is 1. The molecule has 1 N–H and O–H groups in total. The Hall–Kier alpha value is -0.410. The fraction of sp³-hybridized carbons (Fsp3) is 0.444. The van der Waals surface area contributed by atoms with E-state index in [4.69, 9.17) is 0 Å². The van der Waals surface area contributed by atoms with Gasteiger partial charge in [-0.25, -0.2) is 4.98 Å². The lowest BCUT2D eigenvalue weighted by atomic mass is 10.0. The van der Waals surface area contributed by atoms with Crippen LogP contribution in [0.4, 0.5) is 0 Å². The number of hydrogen-bond acceptors (Lipinski definition) is 2. The normalized spacial score (nSPS) is 11.7. The molecule has 12 heavy (non-hydrogen) atoms. The number of hydrogen-bond donors (Lipinski definition) is 1. The van der Waals surface area contributed by atoms with Gasteiger partial charge in [0.25, 0.3) is 0 Å². The van der Waals surface area contributed by atoms with E-state index in [9.17, 15) is 5.11 Å². The van der Waals surface area contributed by atoms with Crippen LogP contribution < -0.4 is 0 Å². The van der Waals surface area contributed by atoms with E-state index in [0.29, 0.717) is 6.42 Å². The van der Waals surface area contributed by atoms with Crippen LogP contribution in [0.25, 0.3) is 0 Å². The average Bonchev–Trinajstić information content (AvgIpc) is 1.82. The largest absolute Gasteiger partial charge is 0.390 e. The first kappa shape index (κ1) is 9.68. The molecule has 0 amide bonds. The minimum atomic E-state index is -0.687.